The average Bonchev–Trinajstić information content (AvgIpc) is 2.69. The quantitative estimate of drug-likeness (QED) is 0.726. The van der Waals surface area contributed by atoms with Gasteiger partial charge in [-0.1, -0.05) is 29.8 Å². The average molecular weight is 300 g/mol. The van der Waals surface area contributed by atoms with Crippen molar-refractivity contribution in [1.82, 2.24) is 0 Å². The molecule has 3 heteroatoms. The lowest BCUT2D eigenvalue weighted by molar-refractivity contribution is 0.101. The number of para-hydroxylation sites is 1. The first-order valence-corrected chi connectivity index (χ1v) is 7.70. The number of halogens is 1. The highest BCUT2D eigenvalue weighted by Gasteiger charge is 2.18. The number of hydrogen-bond acceptors (Lipinski definition) is 2. The van der Waals surface area contributed by atoms with E-state index < -0.39 is 0 Å². The Labute approximate surface area is 130 Å². The Morgan fingerprint density at radius 1 is 1.10 bits per heavy atom. The Morgan fingerprint density at radius 2 is 1.90 bits per heavy atom. The highest BCUT2D eigenvalue weighted by atomic mass is 35.5. The van der Waals surface area contributed by atoms with Crippen LogP contribution in [-0.2, 0) is 6.42 Å². The Bertz CT molecular complexity index is 681. The third-order valence-electron chi connectivity index (χ3n) is 4.01. The molecule has 21 heavy (non-hydrogen) atoms. The third kappa shape index (κ3) is 2.81. The van der Waals surface area contributed by atoms with Crippen LogP contribution in [-0.4, -0.2) is 12.3 Å². The van der Waals surface area contributed by atoms with Gasteiger partial charge in [-0.05, 0) is 56.0 Å². The summed E-state index contributed by atoms with van der Waals surface area (Å²) in [6.45, 7) is 2.52. The number of nitrogens with zero attached hydrogens (tertiary/aromatic N) is 1. The van der Waals surface area contributed by atoms with Gasteiger partial charge in [0.15, 0.2) is 5.78 Å². The minimum absolute atomic E-state index is 0.0414. The normalized spacial score (nSPS) is 14.5. The van der Waals surface area contributed by atoms with Crippen molar-refractivity contribution in [2.75, 3.05) is 11.4 Å². The van der Waals surface area contributed by atoms with Crippen molar-refractivity contribution in [1.29, 1.82) is 0 Å². The van der Waals surface area contributed by atoms with Crippen molar-refractivity contribution in [3.05, 3.63) is 58.6 Å². The molecule has 0 amide bonds. The summed E-state index contributed by atoms with van der Waals surface area (Å²) in [4.78, 5) is 13.7. The van der Waals surface area contributed by atoms with Crippen molar-refractivity contribution in [3.63, 3.8) is 0 Å². The van der Waals surface area contributed by atoms with Crippen molar-refractivity contribution in [2.24, 2.45) is 0 Å². The van der Waals surface area contributed by atoms with Gasteiger partial charge in [-0.3, -0.25) is 4.79 Å². The van der Waals surface area contributed by atoms with Crippen LogP contribution in [0.1, 0.15) is 35.7 Å². The first kappa shape index (κ1) is 14.2. The van der Waals surface area contributed by atoms with Gasteiger partial charge in [0.2, 0.25) is 0 Å². The zero-order valence-corrected chi connectivity index (χ0v) is 12.9. The predicted octanol–water partition coefficient (Wildman–Crippen LogP) is 5.02. The number of fused-ring (bicyclic) bond motifs is 1. The number of aryl methyl sites for hydroxylation is 1. The number of carbonyl (C=O) groups excluding carboxylic acids is 1. The smallest absolute Gasteiger partial charge is 0.159 e. The van der Waals surface area contributed by atoms with E-state index in [9.17, 15) is 4.79 Å². The van der Waals surface area contributed by atoms with Crippen LogP contribution in [0.5, 0.6) is 0 Å². The molecule has 0 N–H and O–H groups in total. The van der Waals surface area contributed by atoms with E-state index in [1.807, 2.05) is 12.1 Å². The SMILES string of the molecule is CC(=O)c1ccc(N2CCCCc3ccccc32)c(Cl)c1. The largest absolute Gasteiger partial charge is 0.340 e. The number of rotatable bonds is 2. The summed E-state index contributed by atoms with van der Waals surface area (Å²) >= 11 is 6.43. The van der Waals surface area contributed by atoms with E-state index in [-0.39, 0.29) is 5.78 Å². The van der Waals surface area contributed by atoms with E-state index in [1.165, 1.54) is 17.7 Å². The molecule has 1 aliphatic rings. The van der Waals surface area contributed by atoms with E-state index in [0.717, 1.165) is 25.1 Å². The number of carbonyl (C=O) groups is 1. The summed E-state index contributed by atoms with van der Waals surface area (Å²) < 4.78 is 0. The van der Waals surface area contributed by atoms with Gasteiger partial charge in [0.25, 0.3) is 0 Å². The van der Waals surface area contributed by atoms with Crippen LogP contribution in [0.25, 0.3) is 0 Å². The summed E-state index contributed by atoms with van der Waals surface area (Å²) in [5.74, 6) is 0.0414. The van der Waals surface area contributed by atoms with E-state index in [4.69, 9.17) is 11.6 Å². The van der Waals surface area contributed by atoms with Gasteiger partial charge in [-0.25, -0.2) is 0 Å². The lowest BCUT2D eigenvalue weighted by atomic mass is 10.1. The van der Waals surface area contributed by atoms with Gasteiger partial charge in [0.1, 0.15) is 0 Å². The molecule has 0 radical (unpaired) electrons. The van der Waals surface area contributed by atoms with E-state index >= 15 is 0 Å². The molecule has 0 aliphatic carbocycles. The molecule has 0 spiro atoms. The standard InChI is InChI=1S/C18H18ClNO/c1-13(21)15-9-10-18(16(19)12-15)20-11-5-4-7-14-6-2-3-8-17(14)20/h2-3,6,8-10,12H,4-5,7,11H2,1H3. The lowest BCUT2D eigenvalue weighted by Crippen LogP contribution is -2.18. The van der Waals surface area contributed by atoms with Crippen molar-refractivity contribution in [2.45, 2.75) is 26.2 Å². The molecule has 0 atom stereocenters. The second-order valence-corrected chi connectivity index (χ2v) is 5.87. The molecule has 1 heterocycles. The molecule has 0 saturated heterocycles. The van der Waals surface area contributed by atoms with Crippen LogP contribution in [0.2, 0.25) is 5.02 Å². The molecule has 2 aromatic carbocycles. The number of hydrogen-bond donors (Lipinski definition) is 0. The molecule has 1 aliphatic heterocycles. The Morgan fingerprint density at radius 3 is 2.67 bits per heavy atom. The molecular formula is C18H18ClNO. The molecule has 0 saturated carbocycles. The number of benzene rings is 2. The first-order chi connectivity index (χ1) is 10.2. The van der Waals surface area contributed by atoms with Gasteiger partial charge in [-0.2, -0.15) is 0 Å². The molecule has 0 bridgehead atoms. The monoisotopic (exact) mass is 299 g/mol. The van der Waals surface area contributed by atoms with Gasteiger partial charge in [-0.15, -0.1) is 0 Å². The fraction of sp³-hybridized carbons (Fsp3) is 0.278. The maximum Gasteiger partial charge on any atom is 0.159 e. The third-order valence-corrected chi connectivity index (χ3v) is 4.31. The van der Waals surface area contributed by atoms with E-state index in [2.05, 4.69) is 29.2 Å². The second kappa shape index (κ2) is 5.90. The fourth-order valence-electron chi connectivity index (χ4n) is 2.89. The molecular weight excluding hydrogens is 282 g/mol. The fourth-order valence-corrected chi connectivity index (χ4v) is 3.17. The van der Waals surface area contributed by atoms with Gasteiger partial charge in [0, 0.05) is 17.8 Å². The summed E-state index contributed by atoms with van der Waals surface area (Å²) in [5.41, 5.74) is 4.23. The van der Waals surface area contributed by atoms with Crippen molar-refractivity contribution >= 4 is 28.8 Å². The molecule has 0 unspecified atom stereocenters. The molecule has 2 nitrogen and oxygen atoms in total. The lowest BCUT2D eigenvalue weighted by Gasteiger charge is -2.26. The molecule has 3 rings (SSSR count). The van der Waals surface area contributed by atoms with Crippen molar-refractivity contribution in [3.8, 4) is 0 Å². The maximum atomic E-state index is 11.5. The maximum absolute atomic E-state index is 11.5. The Balaban J connectivity index is 2.06. The molecule has 0 fully saturated rings. The second-order valence-electron chi connectivity index (χ2n) is 5.46. The minimum Gasteiger partial charge on any atom is -0.340 e. The Hall–Kier alpha value is -1.80. The zero-order valence-electron chi connectivity index (χ0n) is 12.1. The van der Waals surface area contributed by atoms with Crippen LogP contribution < -0.4 is 4.90 Å². The highest BCUT2D eigenvalue weighted by molar-refractivity contribution is 6.33. The highest BCUT2D eigenvalue weighted by Crippen LogP contribution is 2.36. The van der Waals surface area contributed by atoms with Gasteiger partial charge < -0.3 is 4.90 Å². The van der Waals surface area contributed by atoms with E-state index in [0.29, 0.717) is 10.6 Å². The van der Waals surface area contributed by atoms with Crippen LogP contribution in [0.4, 0.5) is 11.4 Å². The minimum atomic E-state index is 0.0414. The van der Waals surface area contributed by atoms with Crippen LogP contribution in [0.15, 0.2) is 42.5 Å². The summed E-state index contributed by atoms with van der Waals surface area (Å²) in [6.07, 6.45) is 3.44. The molecule has 108 valence electrons. The molecule has 2 aromatic rings. The van der Waals surface area contributed by atoms with Gasteiger partial charge in [0.05, 0.1) is 10.7 Å². The summed E-state index contributed by atoms with van der Waals surface area (Å²) in [6, 6.07) is 14.1. The van der Waals surface area contributed by atoms with Crippen molar-refractivity contribution < 1.29 is 4.79 Å². The number of anilines is 2. The number of Topliss-reactive ketones (excluding diaryl/α,β-unsaturated/α-hetero) is 1. The predicted molar refractivity (Wildman–Crippen MR) is 87.8 cm³/mol. The van der Waals surface area contributed by atoms with Gasteiger partial charge >= 0.3 is 0 Å². The van der Waals surface area contributed by atoms with E-state index in [1.54, 1.807) is 13.0 Å². The zero-order chi connectivity index (χ0) is 14.8. The van der Waals surface area contributed by atoms with Crippen LogP contribution in [0.3, 0.4) is 0 Å². The Kier molecular flexibility index (Phi) is 3.98. The van der Waals surface area contributed by atoms with Crippen LogP contribution in [0, 0.1) is 0 Å². The first-order valence-electron chi connectivity index (χ1n) is 7.33. The summed E-state index contributed by atoms with van der Waals surface area (Å²) in [7, 11) is 0. The van der Waals surface area contributed by atoms with Crippen LogP contribution >= 0.6 is 11.6 Å². The topological polar surface area (TPSA) is 20.3 Å². The number of ketones is 1. The molecule has 0 aromatic heterocycles. The summed E-state index contributed by atoms with van der Waals surface area (Å²) in [5, 5.41) is 0.638.